The molecule has 3 amide bonds. The highest BCUT2D eigenvalue weighted by atomic mass is 32.2. The first kappa shape index (κ1) is 16.6. The minimum atomic E-state index is -1.02. The molecule has 0 radical (unpaired) electrons. The SMILES string of the molecule is CCCCN(CC(N)=O)C(=O)N1C(C)SCC1C(=O)O. The molecule has 8 heteroatoms. The molecule has 0 aromatic rings. The maximum absolute atomic E-state index is 12.5. The minimum absolute atomic E-state index is 0.181. The average molecular weight is 303 g/mol. The van der Waals surface area contributed by atoms with Crippen molar-refractivity contribution in [3.05, 3.63) is 0 Å². The summed E-state index contributed by atoms with van der Waals surface area (Å²) in [6, 6.07) is -1.28. The zero-order valence-corrected chi connectivity index (χ0v) is 12.6. The molecule has 1 aliphatic heterocycles. The molecule has 0 saturated carbocycles. The standard InChI is InChI=1S/C12H21N3O4S/c1-3-4-5-14(6-10(13)16)12(19)15-8(2)20-7-9(15)11(17)18/h8-9H,3-7H2,1-2H3,(H2,13,16)(H,17,18). The van der Waals surface area contributed by atoms with E-state index >= 15 is 0 Å². The topological polar surface area (TPSA) is 104 Å². The van der Waals surface area contributed by atoms with Crippen molar-refractivity contribution < 1.29 is 19.5 Å². The first-order chi connectivity index (χ1) is 9.38. The summed E-state index contributed by atoms with van der Waals surface area (Å²) in [6.45, 7) is 3.98. The first-order valence-electron chi connectivity index (χ1n) is 6.58. The molecule has 0 aromatic carbocycles. The summed E-state index contributed by atoms with van der Waals surface area (Å²) in [7, 11) is 0. The van der Waals surface area contributed by atoms with E-state index in [9.17, 15) is 19.5 Å². The van der Waals surface area contributed by atoms with Crippen molar-refractivity contribution in [2.75, 3.05) is 18.8 Å². The van der Waals surface area contributed by atoms with Crippen LogP contribution in [0.2, 0.25) is 0 Å². The number of unbranched alkanes of at least 4 members (excludes halogenated alkanes) is 1. The number of urea groups is 1. The van der Waals surface area contributed by atoms with Gasteiger partial charge in [-0.2, -0.15) is 0 Å². The van der Waals surface area contributed by atoms with Crippen molar-refractivity contribution in [2.45, 2.75) is 38.1 Å². The fourth-order valence-corrected chi connectivity index (χ4v) is 3.23. The zero-order chi connectivity index (χ0) is 15.3. The third kappa shape index (κ3) is 4.03. The highest BCUT2D eigenvalue weighted by molar-refractivity contribution is 8.00. The molecule has 1 fully saturated rings. The van der Waals surface area contributed by atoms with Crippen LogP contribution in [0.25, 0.3) is 0 Å². The van der Waals surface area contributed by atoms with Crippen molar-refractivity contribution in [3.63, 3.8) is 0 Å². The van der Waals surface area contributed by atoms with Crippen molar-refractivity contribution >= 4 is 29.7 Å². The minimum Gasteiger partial charge on any atom is -0.480 e. The molecule has 0 aliphatic carbocycles. The van der Waals surface area contributed by atoms with Crippen LogP contribution >= 0.6 is 11.8 Å². The van der Waals surface area contributed by atoms with Gasteiger partial charge in [0.15, 0.2) is 0 Å². The smallest absolute Gasteiger partial charge is 0.327 e. The lowest BCUT2D eigenvalue weighted by molar-refractivity contribution is -0.141. The number of nitrogens with zero attached hydrogens (tertiary/aromatic N) is 2. The second kappa shape index (κ2) is 7.37. The number of nitrogens with two attached hydrogens (primary N) is 1. The fourth-order valence-electron chi connectivity index (χ4n) is 2.07. The lowest BCUT2D eigenvalue weighted by Crippen LogP contribution is -2.52. The second-order valence-corrected chi connectivity index (χ2v) is 6.07. The van der Waals surface area contributed by atoms with Crippen LogP contribution in [0.4, 0.5) is 4.79 Å². The Morgan fingerprint density at radius 1 is 1.45 bits per heavy atom. The summed E-state index contributed by atoms with van der Waals surface area (Å²) < 4.78 is 0. The Hall–Kier alpha value is -1.44. The molecular weight excluding hydrogens is 282 g/mol. The van der Waals surface area contributed by atoms with Crippen molar-refractivity contribution in [2.24, 2.45) is 5.73 Å². The normalized spacial score (nSPS) is 21.8. The van der Waals surface area contributed by atoms with E-state index in [-0.39, 0.29) is 11.9 Å². The third-order valence-corrected chi connectivity index (χ3v) is 4.35. The number of primary amides is 1. The summed E-state index contributed by atoms with van der Waals surface area (Å²) >= 11 is 1.41. The van der Waals surface area contributed by atoms with Gasteiger partial charge in [-0.05, 0) is 13.3 Å². The van der Waals surface area contributed by atoms with Crippen LogP contribution in [0, 0.1) is 0 Å². The number of carbonyl (C=O) groups is 3. The van der Waals surface area contributed by atoms with Crippen LogP contribution in [0.1, 0.15) is 26.7 Å². The monoisotopic (exact) mass is 303 g/mol. The van der Waals surface area contributed by atoms with E-state index in [1.807, 2.05) is 6.92 Å². The van der Waals surface area contributed by atoms with E-state index in [4.69, 9.17) is 5.73 Å². The molecule has 2 unspecified atom stereocenters. The van der Waals surface area contributed by atoms with Gasteiger partial charge >= 0.3 is 12.0 Å². The molecule has 20 heavy (non-hydrogen) atoms. The Bertz CT molecular complexity index is 391. The van der Waals surface area contributed by atoms with Crippen LogP contribution in [0.5, 0.6) is 0 Å². The summed E-state index contributed by atoms with van der Waals surface area (Å²) in [6.07, 6.45) is 1.61. The Morgan fingerprint density at radius 3 is 2.60 bits per heavy atom. The van der Waals surface area contributed by atoms with Crippen LogP contribution < -0.4 is 5.73 Å². The molecule has 1 heterocycles. The fraction of sp³-hybridized carbons (Fsp3) is 0.750. The number of hydrogen-bond acceptors (Lipinski definition) is 4. The van der Waals surface area contributed by atoms with E-state index < -0.39 is 23.9 Å². The van der Waals surface area contributed by atoms with E-state index in [1.54, 1.807) is 6.92 Å². The van der Waals surface area contributed by atoms with E-state index in [0.717, 1.165) is 12.8 Å². The number of aliphatic carboxylic acids is 1. The highest BCUT2D eigenvalue weighted by Crippen LogP contribution is 2.29. The zero-order valence-electron chi connectivity index (χ0n) is 11.7. The van der Waals surface area contributed by atoms with Gasteiger partial charge in [-0.3, -0.25) is 9.69 Å². The van der Waals surface area contributed by atoms with Gasteiger partial charge in [-0.15, -0.1) is 11.8 Å². The molecule has 7 nitrogen and oxygen atoms in total. The second-order valence-electron chi connectivity index (χ2n) is 4.72. The third-order valence-electron chi connectivity index (χ3n) is 3.13. The van der Waals surface area contributed by atoms with Crippen LogP contribution in [0.15, 0.2) is 0 Å². The van der Waals surface area contributed by atoms with Crippen molar-refractivity contribution in [3.8, 4) is 0 Å². The predicted molar refractivity (Wildman–Crippen MR) is 76.3 cm³/mol. The van der Waals surface area contributed by atoms with E-state index in [2.05, 4.69) is 0 Å². The maximum Gasteiger partial charge on any atom is 0.327 e. The van der Waals surface area contributed by atoms with E-state index in [1.165, 1.54) is 21.6 Å². The Labute approximate surface area is 122 Å². The molecule has 1 saturated heterocycles. The molecular formula is C12H21N3O4S. The molecule has 1 rings (SSSR count). The quantitative estimate of drug-likeness (QED) is 0.745. The van der Waals surface area contributed by atoms with Gasteiger partial charge < -0.3 is 15.7 Å². The molecule has 0 spiro atoms. The molecule has 2 atom stereocenters. The largest absolute Gasteiger partial charge is 0.480 e. The molecule has 0 aromatic heterocycles. The van der Waals surface area contributed by atoms with Gasteiger partial charge in [0.1, 0.15) is 12.6 Å². The first-order valence-corrected chi connectivity index (χ1v) is 7.63. The lowest BCUT2D eigenvalue weighted by atomic mass is 10.2. The summed E-state index contributed by atoms with van der Waals surface area (Å²) in [5, 5.41) is 8.95. The van der Waals surface area contributed by atoms with E-state index in [0.29, 0.717) is 12.3 Å². The van der Waals surface area contributed by atoms with Crippen LogP contribution in [0.3, 0.4) is 0 Å². The number of hydrogen-bond donors (Lipinski definition) is 2. The van der Waals surface area contributed by atoms with Crippen LogP contribution in [-0.4, -0.2) is 63.1 Å². The van der Waals surface area contributed by atoms with Gasteiger partial charge in [-0.25, -0.2) is 9.59 Å². The Balaban J connectivity index is 2.85. The Morgan fingerprint density at radius 2 is 2.10 bits per heavy atom. The van der Waals surface area contributed by atoms with Crippen molar-refractivity contribution in [1.82, 2.24) is 9.80 Å². The Kier molecular flexibility index (Phi) is 6.12. The maximum atomic E-state index is 12.5. The summed E-state index contributed by atoms with van der Waals surface area (Å²) in [5.74, 6) is -1.26. The molecule has 1 aliphatic rings. The molecule has 3 N–H and O–H groups in total. The van der Waals surface area contributed by atoms with Gasteiger partial charge in [0.05, 0.1) is 5.37 Å². The highest BCUT2D eigenvalue weighted by Gasteiger charge is 2.41. The number of amides is 3. The number of carboxylic acids is 1. The van der Waals surface area contributed by atoms with Gasteiger partial charge in [0.2, 0.25) is 5.91 Å². The number of carboxylic acid groups (broad SMARTS) is 1. The summed E-state index contributed by atoms with van der Waals surface area (Å²) in [4.78, 5) is 37.4. The average Bonchev–Trinajstić information content (AvgIpc) is 2.75. The molecule has 114 valence electrons. The van der Waals surface area contributed by atoms with Gasteiger partial charge in [0.25, 0.3) is 0 Å². The number of thioether (sulfide) groups is 1. The van der Waals surface area contributed by atoms with Gasteiger partial charge in [-0.1, -0.05) is 13.3 Å². The van der Waals surface area contributed by atoms with Crippen LogP contribution in [-0.2, 0) is 9.59 Å². The molecule has 0 bridgehead atoms. The number of carbonyl (C=O) groups excluding carboxylic acids is 2. The lowest BCUT2D eigenvalue weighted by Gasteiger charge is -2.31. The predicted octanol–water partition coefficient (Wildman–Crippen LogP) is 0.542. The summed E-state index contributed by atoms with van der Waals surface area (Å²) in [5.41, 5.74) is 5.16. The van der Waals surface area contributed by atoms with Crippen molar-refractivity contribution in [1.29, 1.82) is 0 Å². The van der Waals surface area contributed by atoms with Gasteiger partial charge in [0, 0.05) is 12.3 Å². The number of rotatable bonds is 6.